The van der Waals surface area contributed by atoms with Crippen LogP contribution in [0.3, 0.4) is 0 Å². The second-order valence-electron chi connectivity index (χ2n) is 10.1. The first-order chi connectivity index (χ1) is 13.8. The zero-order chi connectivity index (χ0) is 20.4. The molecule has 4 heteroatoms. The number of halogens is 1. The molecular weight excluding hydrogens is 382 g/mol. The van der Waals surface area contributed by atoms with Crippen molar-refractivity contribution in [1.82, 2.24) is 4.90 Å². The van der Waals surface area contributed by atoms with Crippen molar-refractivity contribution in [2.24, 2.45) is 28.6 Å². The smallest absolute Gasteiger partial charge is 0.180 e. The number of hydrogen-bond acceptors (Lipinski definition) is 3. The zero-order valence-corrected chi connectivity index (χ0v) is 18.3. The summed E-state index contributed by atoms with van der Waals surface area (Å²) < 4.78 is 6.40. The average molecular weight is 412 g/mol. The minimum atomic E-state index is -0.0258. The molecule has 0 unspecified atom stereocenters. The maximum Gasteiger partial charge on any atom is 0.180 e. The molecule has 1 saturated heterocycles. The van der Waals surface area contributed by atoms with Gasteiger partial charge in [-0.2, -0.15) is 0 Å². The van der Waals surface area contributed by atoms with Crippen molar-refractivity contribution in [1.29, 1.82) is 0 Å². The number of carbonyl (C=O) groups excluding carboxylic acids is 1. The predicted molar refractivity (Wildman–Crippen MR) is 116 cm³/mol. The number of likely N-dealkylation sites (tertiary alicyclic amines) is 1. The highest BCUT2D eigenvalue weighted by molar-refractivity contribution is 6.30. The van der Waals surface area contributed by atoms with Gasteiger partial charge in [-0.3, -0.25) is 4.79 Å². The van der Waals surface area contributed by atoms with Crippen LogP contribution in [0, 0.1) is 28.6 Å². The highest BCUT2D eigenvalue weighted by atomic mass is 35.5. The summed E-state index contributed by atoms with van der Waals surface area (Å²) in [5.74, 6) is 2.94. The minimum absolute atomic E-state index is 0.0258. The van der Waals surface area contributed by atoms with Gasteiger partial charge in [-0.05, 0) is 79.2 Å². The molecule has 1 aliphatic heterocycles. The van der Waals surface area contributed by atoms with Gasteiger partial charge in [0, 0.05) is 35.8 Å². The molecule has 2 saturated carbocycles. The molecule has 0 radical (unpaired) electrons. The van der Waals surface area contributed by atoms with Crippen LogP contribution in [-0.2, 0) is 4.79 Å². The Morgan fingerprint density at radius 2 is 1.93 bits per heavy atom. The molecule has 29 heavy (non-hydrogen) atoms. The molecule has 0 aromatic heterocycles. The number of benzene rings is 1. The zero-order valence-electron chi connectivity index (χ0n) is 17.5. The Labute approximate surface area is 178 Å². The Bertz CT molecular complexity index is 891. The molecule has 0 spiro atoms. The molecule has 1 heterocycles. The number of ketones is 1. The van der Waals surface area contributed by atoms with E-state index in [0.29, 0.717) is 23.2 Å². The SMILES string of the molecule is CN1C[C@H]2[C@@H]3C[C@H](Oc4ccc(Cl)cc4)C[C@@]3(C)CC[C@@H]2[C@@]2(C)C=CC(=O)C=C12. The number of ether oxygens (including phenoxy) is 1. The van der Waals surface area contributed by atoms with Crippen molar-refractivity contribution in [2.45, 2.75) is 45.6 Å². The van der Waals surface area contributed by atoms with Crippen LogP contribution >= 0.6 is 11.6 Å². The first-order valence-electron chi connectivity index (χ1n) is 10.9. The van der Waals surface area contributed by atoms with Gasteiger partial charge in [-0.15, -0.1) is 0 Å². The van der Waals surface area contributed by atoms with E-state index in [1.54, 1.807) is 6.08 Å². The van der Waals surface area contributed by atoms with Crippen LogP contribution < -0.4 is 4.74 Å². The molecule has 154 valence electrons. The van der Waals surface area contributed by atoms with Crippen LogP contribution in [0.4, 0.5) is 0 Å². The summed E-state index contributed by atoms with van der Waals surface area (Å²) in [7, 11) is 2.16. The fraction of sp³-hybridized carbons (Fsp3) is 0.560. The Morgan fingerprint density at radius 3 is 2.69 bits per heavy atom. The summed E-state index contributed by atoms with van der Waals surface area (Å²) in [4.78, 5) is 14.4. The van der Waals surface area contributed by atoms with Crippen LogP contribution in [-0.4, -0.2) is 30.4 Å². The van der Waals surface area contributed by atoms with Gasteiger partial charge < -0.3 is 9.64 Å². The van der Waals surface area contributed by atoms with E-state index in [-0.39, 0.29) is 17.3 Å². The van der Waals surface area contributed by atoms with E-state index in [9.17, 15) is 4.79 Å². The Morgan fingerprint density at radius 1 is 1.17 bits per heavy atom. The van der Waals surface area contributed by atoms with Crippen LogP contribution in [0.25, 0.3) is 0 Å². The van der Waals surface area contributed by atoms with E-state index in [4.69, 9.17) is 16.3 Å². The second kappa shape index (κ2) is 6.63. The molecule has 0 amide bonds. The highest BCUT2D eigenvalue weighted by Crippen LogP contribution is 2.63. The summed E-state index contributed by atoms with van der Waals surface area (Å²) in [6, 6.07) is 7.76. The molecule has 3 aliphatic carbocycles. The van der Waals surface area contributed by atoms with Gasteiger partial charge in [-0.1, -0.05) is 31.5 Å². The van der Waals surface area contributed by atoms with Crippen LogP contribution in [0.1, 0.15) is 39.5 Å². The summed E-state index contributed by atoms with van der Waals surface area (Å²) >= 11 is 6.03. The van der Waals surface area contributed by atoms with Crippen molar-refractivity contribution >= 4 is 17.4 Å². The standard InChI is InChI=1S/C25H30ClNO2/c1-24-10-9-21-20(15-27(3)23-12-17(28)8-11-25(21,23)2)22(24)13-19(14-24)29-18-6-4-16(26)5-7-18/h4-8,11-12,19-22H,9-10,13-15H2,1-3H3/t19-,20+,21-,22-,24+,25+/m0/s1. The van der Waals surface area contributed by atoms with E-state index in [0.717, 1.165) is 30.2 Å². The number of allylic oxidation sites excluding steroid dienone is 3. The van der Waals surface area contributed by atoms with Crippen molar-refractivity contribution in [3.63, 3.8) is 0 Å². The quantitative estimate of drug-likeness (QED) is 0.643. The first-order valence-corrected chi connectivity index (χ1v) is 11.2. The average Bonchev–Trinajstić information content (AvgIpc) is 3.01. The van der Waals surface area contributed by atoms with E-state index >= 15 is 0 Å². The number of piperidine rings is 1. The number of fused-ring (bicyclic) bond motifs is 5. The monoisotopic (exact) mass is 411 g/mol. The molecule has 1 aromatic rings. The molecule has 5 rings (SSSR count). The second-order valence-corrected chi connectivity index (χ2v) is 10.6. The summed E-state index contributed by atoms with van der Waals surface area (Å²) in [5, 5.41) is 0.744. The number of carbonyl (C=O) groups is 1. The van der Waals surface area contributed by atoms with Gasteiger partial charge in [0.05, 0.1) is 6.10 Å². The van der Waals surface area contributed by atoms with E-state index < -0.39 is 0 Å². The van der Waals surface area contributed by atoms with Crippen molar-refractivity contribution < 1.29 is 9.53 Å². The van der Waals surface area contributed by atoms with Crippen molar-refractivity contribution in [3.8, 4) is 5.75 Å². The topological polar surface area (TPSA) is 29.5 Å². The lowest BCUT2D eigenvalue weighted by molar-refractivity contribution is -0.111. The third kappa shape index (κ3) is 3.04. The highest BCUT2D eigenvalue weighted by Gasteiger charge is 2.58. The lowest BCUT2D eigenvalue weighted by atomic mass is 9.51. The molecule has 3 fully saturated rings. The predicted octanol–water partition coefficient (Wildman–Crippen LogP) is 5.50. The van der Waals surface area contributed by atoms with Crippen LogP contribution in [0.2, 0.25) is 5.02 Å². The van der Waals surface area contributed by atoms with Gasteiger partial charge in [0.1, 0.15) is 5.75 Å². The van der Waals surface area contributed by atoms with Gasteiger partial charge in [0.2, 0.25) is 0 Å². The third-order valence-corrected chi connectivity index (χ3v) is 8.63. The Kier molecular flexibility index (Phi) is 4.40. The summed E-state index contributed by atoms with van der Waals surface area (Å²) in [5.41, 5.74) is 1.52. The molecule has 1 aromatic carbocycles. The molecule has 0 N–H and O–H groups in total. The van der Waals surface area contributed by atoms with Crippen LogP contribution in [0.15, 0.2) is 48.2 Å². The number of rotatable bonds is 2. The number of nitrogens with zero attached hydrogens (tertiary/aromatic N) is 1. The lowest BCUT2D eigenvalue weighted by Gasteiger charge is -2.58. The molecule has 3 nitrogen and oxygen atoms in total. The fourth-order valence-corrected chi connectivity index (χ4v) is 7.13. The summed E-state index contributed by atoms with van der Waals surface area (Å²) in [6.45, 7) is 5.86. The summed E-state index contributed by atoms with van der Waals surface area (Å²) in [6.07, 6.45) is 10.8. The number of hydrogen-bond donors (Lipinski definition) is 0. The van der Waals surface area contributed by atoms with Crippen molar-refractivity contribution in [2.75, 3.05) is 13.6 Å². The van der Waals surface area contributed by atoms with Crippen molar-refractivity contribution in [3.05, 3.63) is 53.2 Å². The normalized spacial score (nSPS) is 40.8. The molecular formula is C25H30ClNO2. The maximum atomic E-state index is 12.0. The van der Waals surface area contributed by atoms with Gasteiger partial charge in [-0.25, -0.2) is 0 Å². The maximum absolute atomic E-state index is 12.0. The third-order valence-electron chi connectivity index (χ3n) is 8.37. The van der Waals surface area contributed by atoms with E-state index in [1.165, 1.54) is 18.5 Å². The van der Waals surface area contributed by atoms with E-state index in [2.05, 4.69) is 31.9 Å². The first kappa shape index (κ1) is 19.2. The van der Waals surface area contributed by atoms with Crippen LogP contribution in [0.5, 0.6) is 5.75 Å². The molecule has 4 aliphatic rings. The largest absolute Gasteiger partial charge is 0.490 e. The van der Waals surface area contributed by atoms with Gasteiger partial charge >= 0.3 is 0 Å². The lowest BCUT2D eigenvalue weighted by Crippen LogP contribution is -2.55. The Hall–Kier alpha value is -1.74. The Balaban J connectivity index is 1.40. The molecule has 0 bridgehead atoms. The minimum Gasteiger partial charge on any atom is -0.490 e. The molecule has 6 atom stereocenters. The van der Waals surface area contributed by atoms with Gasteiger partial charge in [0.25, 0.3) is 0 Å². The van der Waals surface area contributed by atoms with E-state index in [1.807, 2.05) is 30.3 Å². The van der Waals surface area contributed by atoms with Gasteiger partial charge in [0.15, 0.2) is 5.78 Å². The fourth-order valence-electron chi connectivity index (χ4n) is 7.00.